The Bertz CT molecular complexity index is 417. The first-order valence-electron chi connectivity index (χ1n) is 6.18. The second-order valence-corrected chi connectivity index (χ2v) is 4.40. The molecule has 4 heteroatoms. The predicted molar refractivity (Wildman–Crippen MR) is 72.6 cm³/mol. The Labute approximate surface area is 109 Å². The minimum absolute atomic E-state index is 0.0281. The number of amides is 1. The summed E-state index contributed by atoms with van der Waals surface area (Å²) in [6.45, 7) is 4.11. The van der Waals surface area contributed by atoms with E-state index in [0.29, 0.717) is 6.42 Å². The molecule has 0 aromatic heterocycles. The lowest BCUT2D eigenvalue weighted by atomic mass is 9.99. The second-order valence-electron chi connectivity index (χ2n) is 4.40. The van der Waals surface area contributed by atoms with Crippen molar-refractivity contribution in [1.29, 1.82) is 0 Å². The van der Waals surface area contributed by atoms with Crippen LogP contribution in [0.2, 0.25) is 0 Å². The van der Waals surface area contributed by atoms with Crippen molar-refractivity contribution in [3.63, 3.8) is 0 Å². The highest BCUT2D eigenvalue weighted by atomic mass is 16.5. The van der Waals surface area contributed by atoms with Crippen LogP contribution >= 0.6 is 0 Å². The molecule has 1 aromatic rings. The number of hydrazine groups is 1. The summed E-state index contributed by atoms with van der Waals surface area (Å²) in [7, 11) is 3.37. The molecule has 0 aliphatic carbocycles. The molecule has 0 atom stereocenters. The van der Waals surface area contributed by atoms with E-state index in [9.17, 15) is 4.79 Å². The van der Waals surface area contributed by atoms with E-state index in [1.54, 1.807) is 14.2 Å². The fraction of sp³-hybridized carbons (Fsp3) is 0.500. The van der Waals surface area contributed by atoms with E-state index in [1.807, 2.05) is 6.92 Å². The number of nitrogens with one attached hydrogen (secondary N) is 2. The van der Waals surface area contributed by atoms with Gasteiger partial charge in [-0.3, -0.25) is 10.2 Å². The van der Waals surface area contributed by atoms with Crippen molar-refractivity contribution in [3.05, 3.63) is 28.8 Å². The molecule has 2 N–H and O–H groups in total. The van der Waals surface area contributed by atoms with Crippen LogP contribution in [0.5, 0.6) is 5.75 Å². The van der Waals surface area contributed by atoms with Gasteiger partial charge in [0, 0.05) is 13.5 Å². The molecule has 1 rings (SSSR count). The summed E-state index contributed by atoms with van der Waals surface area (Å²) in [6, 6.07) is 4.20. The maximum absolute atomic E-state index is 11.3. The van der Waals surface area contributed by atoms with Crippen LogP contribution in [0.1, 0.15) is 29.5 Å². The summed E-state index contributed by atoms with van der Waals surface area (Å²) in [5.41, 5.74) is 8.84. The predicted octanol–water partition coefficient (Wildman–Crippen LogP) is 1.89. The van der Waals surface area contributed by atoms with Crippen LogP contribution in [0.4, 0.5) is 0 Å². The van der Waals surface area contributed by atoms with Crippen LogP contribution in [0, 0.1) is 13.8 Å². The molecular weight excluding hydrogens is 228 g/mol. The van der Waals surface area contributed by atoms with E-state index < -0.39 is 0 Å². The highest BCUT2D eigenvalue weighted by Crippen LogP contribution is 2.23. The summed E-state index contributed by atoms with van der Waals surface area (Å²) in [5.74, 6) is 0.949. The summed E-state index contributed by atoms with van der Waals surface area (Å²) < 4.78 is 5.28. The zero-order chi connectivity index (χ0) is 13.5. The number of hydrogen-bond acceptors (Lipinski definition) is 3. The maximum Gasteiger partial charge on any atom is 0.234 e. The van der Waals surface area contributed by atoms with E-state index in [4.69, 9.17) is 4.74 Å². The molecule has 0 aliphatic rings. The average molecular weight is 250 g/mol. The number of carbonyl (C=O) groups is 1. The molecule has 0 bridgehead atoms. The normalized spacial score (nSPS) is 10.2. The van der Waals surface area contributed by atoms with Crippen LogP contribution in [0.15, 0.2) is 12.1 Å². The molecule has 18 heavy (non-hydrogen) atoms. The van der Waals surface area contributed by atoms with Gasteiger partial charge in [-0.05, 0) is 49.4 Å². The van der Waals surface area contributed by atoms with Crippen LogP contribution in [0.3, 0.4) is 0 Å². The Morgan fingerprint density at radius 1 is 1.28 bits per heavy atom. The minimum Gasteiger partial charge on any atom is -0.496 e. The molecule has 0 saturated carbocycles. The van der Waals surface area contributed by atoms with Crippen LogP contribution in [-0.4, -0.2) is 20.1 Å². The van der Waals surface area contributed by atoms with Crippen LogP contribution in [-0.2, 0) is 11.2 Å². The van der Waals surface area contributed by atoms with E-state index in [0.717, 1.165) is 24.2 Å². The molecular formula is C14H22N2O2. The lowest BCUT2D eigenvalue weighted by molar-refractivity contribution is -0.122. The SMILES string of the molecule is CNNC(=O)CCCc1cc(C)c(OC)cc1C. The number of hydrogen-bond donors (Lipinski definition) is 2. The number of carbonyl (C=O) groups excluding carboxylic acids is 1. The smallest absolute Gasteiger partial charge is 0.234 e. The van der Waals surface area contributed by atoms with Crippen molar-refractivity contribution in [2.75, 3.05) is 14.2 Å². The van der Waals surface area contributed by atoms with Crippen LogP contribution < -0.4 is 15.6 Å². The summed E-state index contributed by atoms with van der Waals surface area (Å²) in [4.78, 5) is 11.3. The Morgan fingerprint density at radius 3 is 2.61 bits per heavy atom. The van der Waals surface area contributed by atoms with Gasteiger partial charge in [-0.25, -0.2) is 5.43 Å². The summed E-state index contributed by atoms with van der Waals surface area (Å²) in [5, 5.41) is 0. The quantitative estimate of drug-likeness (QED) is 0.758. The molecule has 0 saturated heterocycles. The van der Waals surface area contributed by atoms with Gasteiger partial charge in [-0.2, -0.15) is 0 Å². The largest absolute Gasteiger partial charge is 0.496 e. The number of ether oxygens (including phenoxy) is 1. The first-order valence-corrected chi connectivity index (χ1v) is 6.18. The van der Waals surface area contributed by atoms with Gasteiger partial charge in [0.25, 0.3) is 0 Å². The summed E-state index contributed by atoms with van der Waals surface area (Å²) in [6.07, 6.45) is 2.29. The van der Waals surface area contributed by atoms with E-state index >= 15 is 0 Å². The first-order chi connectivity index (χ1) is 8.58. The third kappa shape index (κ3) is 4.04. The number of rotatable bonds is 6. The third-order valence-electron chi connectivity index (χ3n) is 2.97. The van der Waals surface area contributed by atoms with E-state index in [1.165, 1.54) is 11.1 Å². The fourth-order valence-electron chi connectivity index (χ4n) is 1.98. The van der Waals surface area contributed by atoms with Gasteiger partial charge in [0.15, 0.2) is 0 Å². The van der Waals surface area contributed by atoms with Gasteiger partial charge in [-0.15, -0.1) is 0 Å². The molecule has 0 radical (unpaired) electrons. The van der Waals surface area contributed by atoms with Gasteiger partial charge in [0.2, 0.25) is 5.91 Å². The van der Waals surface area contributed by atoms with Crippen LogP contribution in [0.25, 0.3) is 0 Å². The standard InChI is InChI=1S/C14H22N2O2/c1-10-9-13(18-4)11(2)8-12(10)6-5-7-14(17)16-15-3/h8-9,15H,5-7H2,1-4H3,(H,16,17). The van der Waals surface area contributed by atoms with Gasteiger partial charge < -0.3 is 4.74 Å². The van der Waals surface area contributed by atoms with Crippen molar-refractivity contribution in [2.45, 2.75) is 33.1 Å². The zero-order valence-electron chi connectivity index (χ0n) is 11.6. The molecule has 0 unspecified atom stereocenters. The van der Waals surface area contributed by atoms with Crippen molar-refractivity contribution < 1.29 is 9.53 Å². The Balaban J connectivity index is 2.57. The molecule has 100 valence electrons. The lowest BCUT2D eigenvalue weighted by Gasteiger charge is -2.11. The van der Waals surface area contributed by atoms with Gasteiger partial charge in [0.1, 0.15) is 5.75 Å². The number of benzene rings is 1. The Morgan fingerprint density at radius 2 is 2.00 bits per heavy atom. The molecule has 0 heterocycles. The van der Waals surface area contributed by atoms with Crippen molar-refractivity contribution in [3.8, 4) is 5.75 Å². The molecule has 1 amide bonds. The Kier molecular flexibility index (Phi) is 5.65. The van der Waals surface area contributed by atoms with E-state index in [2.05, 4.69) is 29.9 Å². The van der Waals surface area contributed by atoms with Gasteiger partial charge in [0.05, 0.1) is 7.11 Å². The lowest BCUT2D eigenvalue weighted by Crippen LogP contribution is -2.33. The second kappa shape index (κ2) is 7.01. The Hall–Kier alpha value is -1.55. The van der Waals surface area contributed by atoms with Crippen molar-refractivity contribution in [1.82, 2.24) is 10.9 Å². The molecule has 0 fully saturated rings. The topological polar surface area (TPSA) is 50.4 Å². The third-order valence-corrected chi connectivity index (χ3v) is 2.97. The van der Waals surface area contributed by atoms with E-state index in [-0.39, 0.29) is 5.91 Å². The van der Waals surface area contributed by atoms with Gasteiger partial charge >= 0.3 is 0 Å². The molecule has 0 aliphatic heterocycles. The zero-order valence-corrected chi connectivity index (χ0v) is 11.6. The molecule has 4 nitrogen and oxygen atoms in total. The molecule has 0 spiro atoms. The maximum atomic E-state index is 11.3. The summed E-state index contributed by atoms with van der Waals surface area (Å²) >= 11 is 0. The number of methoxy groups -OCH3 is 1. The van der Waals surface area contributed by atoms with Crippen molar-refractivity contribution in [2.24, 2.45) is 0 Å². The highest BCUT2D eigenvalue weighted by Gasteiger charge is 2.06. The fourth-order valence-corrected chi connectivity index (χ4v) is 1.98. The monoisotopic (exact) mass is 250 g/mol. The average Bonchev–Trinajstić information content (AvgIpc) is 2.33. The number of aryl methyl sites for hydroxylation is 3. The van der Waals surface area contributed by atoms with Gasteiger partial charge in [-0.1, -0.05) is 6.07 Å². The molecule has 1 aromatic carbocycles. The van der Waals surface area contributed by atoms with Crippen molar-refractivity contribution >= 4 is 5.91 Å². The first kappa shape index (κ1) is 14.5. The highest BCUT2D eigenvalue weighted by molar-refractivity contribution is 5.75. The minimum atomic E-state index is 0.0281.